The predicted octanol–water partition coefficient (Wildman–Crippen LogP) is 4.61. The van der Waals surface area contributed by atoms with Gasteiger partial charge >= 0.3 is 0 Å². The van der Waals surface area contributed by atoms with E-state index in [2.05, 4.69) is 31.0 Å². The largest absolute Gasteiger partial charge is 0.356 e. The maximum Gasteiger partial charge on any atom is 0.226 e. The molecule has 3 nitrogen and oxygen atoms in total. The van der Waals surface area contributed by atoms with Gasteiger partial charge in [-0.15, -0.1) is 0 Å². The van der Waals surface area contributed by atoms with Gasteiger partial charge in [-0.05, 0) is 107 Å². The van der Waals surface area contributed by atoms with Crippen molar-refractivity contribution in [3.05, 3.63) is 0 Å². The third-order valence-electron chi connectivity index (χ3n) is 8.17. The summed E-state index contributed by atoms with van der Waals surface area (Å²) in [5.41, 5.74) is 0.819. The summed E-state index contributed by atoms with van der Waals surface area (Å²) in [6, 6.07) is 0. The summed E-state index contributed by atoms with van der Waals surface area (Å²) in [6.07, 6.45) is 12.6. The molecule has 2 unspecified atom stereocenters. The molecule has 4 bridgehead atoms. The van der Waals surface area contributed by atoms with E-state index in [0.717, 1.165) is 44.1 Å². The van der Waals surface area contributed by atoms with Crippen LogP contribution in [0.25, 0.3) is 0 Å². The van der Waals surface area contributed by atoms with Gasteiger partial charge in [0.2, 0.25) is 5.91 Å². The summed E-state index contributed by atoms with van der Waals surface area (Å²) in [7, 11) is 0. The Kier molecular flexibility index (Phi) is 4.91. The van der Waals surface area contributed by atoms with E-state index < -0.39 is 0 Å². The zero-order valence-corrected chi connectivity index (χ0v) is 17.4. The van der Waals surface area contributed by atoms with E-state index in [1.807, 2.05) is 0 Å². The van der Waals surface area contributed by atoms with Crippen LogP contribution in [0.4, 0.5) is 0 Å². The van der Waals surface area contributed by atoms with Crippen molar-refractivity contribution in [1.82, 2.24) is 10.2 Å². The number of unbranched alkanes of at least 4 members (excludes halogenated alkanes) is 1. The van der Waals surface area contributed by atoms with Gasteiger partial charge < -0.3 is 10.2 Å². The number of carbonyl (C=O) groups excluding carboxylic acids is 1. The molecule has 0 spiro atoms. The second-order valence-electron chi connectivity index (χ2n) is 11.4. The molecule has 0 aromatic carbocycles. The quantitative estimate of drug-likeness (QED) is 0.702. The Balaban J connectivity index is 1.23. The van der Waals surface area contributed by atoms with Gasteiger partial charge in [0.15, 0.2) is 0 Å². The highest BCUT2D eigenvalue weighted by Crippen LogP contribution is 2.69. The number of amides is 1. The van der Waals surface area contributed by atoms with Gasteiger partial charge in [-0.25, -0.2) is 0 Å². The van der Waals surface area contributed by atoms with Crippen molar-refractivity contribution >= 4 is 5.91 Å². The van der Waals surface area contributed by atoms with E-state index in [9.17, 15) is 4.79 Å². The fourth-order valence-electron chi connectivity index (χ4n) is 7.84. The van der Waals surface area contributed by atoms with Gasteiger partial charge in [0.1, 0.15) is 0 Å². The predicted molar refractivity (Wildman–Crippen MR) is 107 cm³/mol. The summed E-state index contributed by atoms with van der Waals surface area (Å²) in [5.74, 6) is 2.11. The van der Waals surface area contributed by atoms with Crippen molar-refractivity contribution in [3.63, 3.8) is 0 Å². The molecule has 3 heteroatoms. The molecular weight excluding hydrogens is 320 g/mol. The molecule has 1 amide bonds. The Morgan fingerprint density at radius 1 is 1.00 bits per heavy atom. The molecule has 1 N–H and O–H groups in total. The minimum absolute atomic E-state index is 0.0358. The summed E-state index contributed by atoms with van der Waals surface area (Å²) in [4.78, 5) is 15.8. The third-order valence-corrected chi connectivity index (χ3v) is 8.17. The van der Waals surface area contributed by atoms with Crippen LogP contribution >= 0.6 is 0 Å². The molecule has 1 heterocycles. The van der Waals surface area contributed by atoms with Gasteiger partial charge in [-0.1, -0.05) is 20.8 Å². The second kappa shape index (κ2) is 6.79. The van der Waals surface area contributed by atoms with Gasteiger partial charge in [0.25, 0.3) is 0 Å². The molecule has 5 fully saturated rings. The minimum atomic E-state index is -0.0358. The van der Waals surface area contributed by atoms with Crippen LogP contribution in [0, 0.1) is 28.1 Å². The zero-order chi connectivity index (χ0) is 18.4. The Morgan fingerprint density at radius 3 is 2.27 bits per heavy atom. The van der Waals surface area contributed by atoms with Gasteiger partial charge in [0.05, 0.1) is 5.41 Å². The maximum absolute atomic E-state index is 13.2. The van der Waals surface area contributed by atoms with Crippen LogP contribution in [0.15, 0.2) is 0 Å². The van der Waals surface area contributed by atoms with Crippen LogP contribution in [0.3, 0.4) is 0 Å². The lowest BCUT2D eigenvalue weighted by atomic mass is 9.40. The zero-order valence-electron chi connectivity index (χ0n) is 17.4. The number of nitrogens with zero attached hydrogens (tertiary/aromatic N) is 1. The van der Waals surface area contributed by atoms with E-state index in [-0.39, 0.29) is 5.41 Å². The highest BCUT2D eigenvalue weighted by atomic mass is 16.2. The van der Waals surface area contributed by atoms with E-state index in [1.54, 1.807) is 0 Å². The average molecular weight is 361 g/mol. The number of hydrogen-bond acceptors (Lipinski definition) is 2. The van der Waals surface area contributed by atoms with Crippen LogP contribution in [0.2, 0.25) is 0 Å². The highest BCUT2D eigenvalue weighted by molar-refractivity contribution is 5.83. The Hall–Kier alpha value is -0.570. The lowest BCUT2D eigenvalue weighted by molar-refractivity contribution is -0.170. The lowest BCUT2D eigenvalue weighted by Gasteiger charge is -2.64. The van der Waals surface area contributed by atoms with Crippen molar-refractivity contribution in [2.75, 3.05) is 26.2 Å². The number of nitrogens with one attached hydrogen (secondary N) is 1. The van der Waals surface area contributed by atoms with Crippen molar-refractivity contribution in [2.24, 2.45) is 28.1 Å². The molecule has 4 aliphatic carbocycles. The van der Waals surface area contributed by atoms with Crippen LogP contribution in [-0.4, -0.2) is 37.0 Å². The molecular formula is C23H40N2O. The molecule has 2 atom stereocenters. The highest BCUT2D eigenvalue weighted by Gasteiger charge is 2.62. The first kappa shape index (κ1) is 18.8. The SMILES string of the molecule is CC1CCN(CCCCNC(=O)C23CC4CC(C)(CC(C)(C4)C2)C3)CC1. The van der Waals surface area contributed by atoms with Crippen molar-refractivity contribution < 1.29 is 4.79 Å². The molecule has 1 saturated heterocycles. The van der Waals surface area contributed by atoms with Gasteiger partial charge in [-0.2, -0.15) is 0 Å². The van der Waals surface area contributed by atoms with Crippen LogP contribution in [0.1, 0.15) is 85.0 Å². The molecule has 26 heavy (non-hydrogen) atoms. The van der Waals surface area contributed by atoms with Gasteiger partial charge in [-0.3, -0.25) is 4.79 Å². The van der Waals surface area contributed by atoms with E-state index in [1.165, 1.54) is 58.2 Å². The summed E-state index contributed by atoms with van der Waals surface area (Å²) in [6.45, 7) is 11.9. The number of hydrogen-bond donors (Lipinski definition) is 1. The lowest BCUT2D eigenvalue weighted by Crippen LogP contribution is -2.59. The maximum atomic E-state index is 13.2. The molecule has 1 aliphatic heterocycles. The summed E-state index contributed by atoms with van der Waals surface area (Å²) < 4.78 is 0. The second-order valence-corrected chi connectivity index (χ2v) is 11.4. The van der Waals surface area contributed by atoms with Crippen molar-refractivity contribution in [3.8, 4) is 0 Å². The fourth-order valence-corrected chi connectivity index (χ4v) is 7.84. The van der Waals surface area contributed by atoms with Crippen molar-refractivity contribution in [2.45, 2.75) is 85.0 Å². The van der Waals surface area contributed by atoms with Crippen LogP contribution in [0.5, 0.6) is 0 Å². The molecule has 0 aromatic heterocycles. The third kappa shape index (κ3) is 3.70. The van der Waals surface area contributed by atoms with E-state index in [0.29, 0.717) is 16.7 Å². The monoisotopic (exact) mass is 360 g/mol. The molecule has 4 saturated carbocycles. The minimum Gasteiger partial charge on any atom is -0.356 e. The Bertz CT molecular complexity index is 518. The molecule has 0 radical (unpaired) electrons. The first-order chi connectivity index (χ1) is 12.3. The van der Waals surface area contributed by atoms with E-state index in [4.69, 9.17) is 0 Å². The summed E-state index contributed by atoms with van der Waals surface area (Å²) >= 11 is 0. The Morgan fingerprint density at radius 2 is 1.65 bits per heavy atom. The molecule has 5 aliphatic rings. The van der Waals surface area contributed by atoms with E-state index >= 15 is 0 Å². The topological polar surface area (TPSA) is 32.3 Å². The molecule has 0 aromatic rings. The fraction of sp³-hybridized carbons (Fsp3) is 0.957. The smallest absolute Gasteiger partial charge is 0.226 e. The Labute approximate surface area is 160 Å². The first-order valence-electron chi connectivity index (χ1n) is 11.3. The molecule has 148 valence electrons. The first-order valence-corrected chi connectivity index (χ1v) is 11.3. The number of piperidine rings is 1. The molecule has 5 rings (SSSR count). The average Bonchev–Trinajstić information content (AvgIpc) is 2.52. The number of rotatable bonds is 6. The number of carbonyl (C=O) groups is 1. The standard InChI is InChI=1S/C23H40N2O/c1-18-6-10-25(11-7-18)9-5-4-8-24-20(26)23-14-19-12-21(2,16-23)15-22(3,13-19)17-23/h18-19H,4-17H2,1-3H3,(H,24,26). The van der Waals surface area contributed by atoms with Gasteiger partial charge in [0, 0.05) is 6.54 Å². The normalized spacial score (nSPS) is 43.0. The van der Waals surface area contributed by atoms with Crippen LogP contribution in [-0.2, 0) is 4.79 Å². The van der Waals surface area contributed by atoms with Crippen molar-refractivity contribution in [1.29, 1.82) is 0 Å². The summed E-state index contributed by atoms with van der Waals surface area (Å²) in [5, 5.41) is 3.36. The number of likely N-dealkylation sites (tertiary alicyclic amines) is 1. The van der Waals surface area contributed by atoms with Crippen LogP contribution < -0.4 is 5.32 Å².